The Morgan fingerprint density at radius 3 is 2.42 bits per heavy atom. The fraction of sp³-hybridized carbons (Fsp3) is 0.652. The molecule has 6 nitrogen and oxygen atoms in total. The molecule has 33 heavy (non-hydrogen) atoms. The van der Waals surface area contributed by atoms with E-state index in [-0.39, 0.29) is 35.4 Å². The summed E-state index contributed by atoms with van der Waals surface area (Å²) in [6.07, 6.45) is -2.02. The van der Waals surface area contributed by atoms with Crippen LogP contribution in [0, 0.1) is 11.8 Å². The van der Waals surface area contributed by atoms with Crippen molar-refractivity contribution in [1.29, 1.82) is 0 Å². The van der Waals surface area contributed by atoms with Gasteiger partial charge in [-0.3, -0.25) is 4.79 Å². The van der Waals surface area contributed by atoms with Gasteiger partial charge >= 0.3 is 12.3 Å². The van der Waals surface area contributed by atoms with Crippen molar-refractivity contribution >= 4 is 22.7 Å². The standard InChI is InChI=1S/C23H30F3NO5S/c1-5-30-21(28)15-8-6-14(7-9-15)19-13-18(27-33(29)22(2,3)4)17-11-10-16(12-20(17)31-19)32-23(24,25)26/h10-12,14-15,19H,5-9,13H2,1-4H3/b27-18+/t14?,15?,19-,33-/m0/s1. The fourth-order valence-electron chi connectivity index (χ4n) is 4.11. The van der Waals surface area contributed by atoms with Crippen LogP contribution in [0.25, 0.3) is 0 Å². The molecule has 0 N–H and O–H groups in total. The molecular formula is C23H30F3NO5S. The monoisotopic (exact) mass is 489 g/mol. The van der Waals surface area contributed by atoms with Gasteiger partial charge in [0.1, 0.15) is 28.6 Å². The summed E-state index contributed by atoms with van der Waals surface area (Å²) in [4.78, 5) is 12.1. The van der Waals surface area contributed by atoms with Crippen LogP contribution in [0.4, 0.5) is 13.2 Å². The molecule has 0 saturated heterocycles. The van der Waals surface area contributed by atoms with E-state index in [2.05, 4.69) is 9.13 Å². The van der Waals surface area contributed by atoms with E-state index in [1.54, 1.807) is 6.92 Å². The van der Waals surface area contributed by atoms with Crippen molar-refractivity contribution in [1.82, 2.24) is 0 Å². The maximum Gasteiger partial charge on any atom is 0.573 e. The van der Waals surface area contributed by atoms with Crippen molar-refractivity contribution in [2.75, 3.05) is 6.61 Å². The van der Waals surface area contributed by atoms with Crippen molar-refractivity contribution in [3.05, 3.63) is 23.8 Å². The van der Waals surface area contributed by atoms with Crippen molar-refractivity contribution in [3.8, 4) is 11.5 Å². The van der Waals surface area contributed by atoms with Crippen molar-refractivity contribution in [3.63, 3.8) is 0 Å². The molecule has 1 aliphatic heterocycles. The lowest BCUT2D eigenvalue weighted by Crippen LogP contribution is -2.37. The lowest BCUT2D eigenvalue weighted by molar-refractivity contribution is -0.274. The van der Waals surface area contributed by atoms with Crippen LogP contribution < -0.4 is 9.47 Å². The van der Waals surface area contributed by atoms with E-state index in [1.165, 1.54) is 18.2 Å². The number of carbonyl (C=O) groups excluding carboxylic acids is 1. The number of rotatable bonds is 5. The van der Waals surface area contributed by atoms with E-state index in [0.29, 0.717) is 37.1 Å². The number of hydrogen-bond donors (Lipinski definition) is 0. The first-order chi connectivity index (χ1) is 15.4. The number of esters is 1. The molecule has 0 aromatic heterocycles. The summed E-state index contributed by atoms with van der Waals surface area (Å²) in [7, 11) is -1.54. The number of ether oxygens (including phenoxy) is 3. The number of halogens is 3. The molecule has 0 radical (unpaired) electrons. The van der Waals surface area contributed by atoms with Gasteiger partial charge in [0.05, 0.1) is 23.0 Å². The van der Waals surface area contributed by atoms with E-state index in [9.17, 15) is 22.2 Å². The zero-order valence-corrected chi connectivity index (χ0v) is 20.1. The van der Waals surface area contributed by atoms with Gasteiger partial charge in [-0.25, -0.2) is 4.21 Å². The molecule has 0 spiro atoms. The van der Waals surface area contributed by atoms with Crippen LogP contribution in [0.1, 0.15) is 65.4 Å². The number of benzene rings is 1. The average Bonchev–Trinajstić information content (AvgIpc) is 2.71. The molecule has 1 fully saturated rings. The first kappa shape index (κ1) is 25.5. The number of nitrogens with zero attached hydrogens (tertiary/aromatic N) is 1. The molecule has 0 bridgehead atoms. The van der Waals surface area contributed by atoms with Gasteiger partial charge in [-0.1, -0.05) is 0 Å². The minimum Gasteiger partial charge on any atom is -0.489 e. The second kappa shape index (κ2) is 10.0. The Morgan fingerprint density at radius 1 is 1.18 bits per heavy atom. The molecule has 3 rings (SSSR count). The largest absolute Gasteiger partial charge is 0.573 e. The molecule has 184 valence electrons. The van der Waals surface area contributed by atoms with Crippen LogP contribution in [-0.2, 0) is 20.5 Å². The van der Waals surface area contributed by atoms with E-state index in [0.717, 1.165) is 12.8 Å². The van der Waals surface area contributed by atoms with Crippen molar-refractivity contribution in [2.24, 2.45) is 16.2 Å². The van der Waals surface area contributed by atoms with E-state index < -0.39 is 22.1 Å². The summed E-state index contributed by atoms with van der Waals surface area (Å²) in [5, 5.41) is 0. The normalized spacial score (nSPS) is 25.7. The molecule has 10 heteroatoms. The Kier molecular flexibility index (Phi) is 7.76. The van der Waals surface area contributed by atoms with Gasteiger partial charge in [0.15, 0.2) is 0 Å². The topological polar surface area (TPSA) is 74.2 Å². The zero-order valence-electron chi connectivity index (χ0n) is 19.2. The highest BCUT2D eigenvalue weighted by molar-refractivity contribution is 7.85. The Morgan fingerprint density at radius 2 is 1.85 bits per heavy atom. The highest BCUT2D eigenvalue weighted by Gasteiger charge is 2.37. The molecule has 2 aliphatic rings. The SMILES string of the molecule is CCOC(=O)C1CCC([C@@H]2C/C(=N\[S@@](=O)C(C)(C)C)c3ccc(OC(F)(F)F)cc3O2)CC1. The van der Waals surface area contributed by atoms with E-state index in [4.69, 9.17) is 9.47 Å². The fourth-order valence-corrected chi connectivity index (χ4v) is 4.76. The lowest BCUT2D eigenvalue weighted by Gasteiger charge is -2.36. The summed E-state index contributed by atoms with van der Waals surface area (Å²) in [6, 6.07) is 3.87. The number of alkyl halides is 3. The lowest BCUT2D eigenvalue weighted by atomic mass is 9.77. The van der Waals surface area contributed by atoms with Crippen LogP contribution in [0.5, 0.6) is 11.5 Å². The molecule has 1 aromatic carbocycles. The minimum atomic E-state index is -4.82. The first-order valence-electron chi connectivity index (χ1n) is 11.1. The Bertz CT molecular complexity index is 918. The first-order valence-corrected chi connectivity index (χ1v) is 12.2. The Balaban J connectivity index is 1.85. The molecule has 1 aliphatic carbocycles. The van der Waals surface area contributed by atoms with Crippen LogP contribution in [0.3, 0.4) is 0 Å². The van der Waals surface area contributed by atoms with Gasteiger partial charge < -0.3 is 14.2 Å². The summed E-state index contributed by atoms with van der Waals surface area (Å²) < 4.78 is 70.0. The molecule has 1 aromatic rings. The molecule has 1 heterocycles. The Labute approximate surface area is 194 Å². The Hall–Kier alpha value is -2.10. The molecule has 0 amide bonds. The minimum absolute atomic E-state index is 0.0873. The average molecular weight is 490 g/mol. The number of hydrogen-bond acceptors (Lipinski definition) is 5. The molecule has 1 saturated carbocycles. The van der Waals surface area contributed by atoms with E-state index in [1.807, 2.05) is 20.8 Å². The maximum absolute atomic E-state index is 12.7. The third-order valence-corrected chi connectivity index (χ3v) is 7.24. The second-order valence-corrected chi connectivity index (χ2v) is 11.2. The van der Waals surface area contributed by atoms with Crippen LogP contribution in [0.15, 0.2) is 22.6 Å². The van der Waals surface area contributed by atoms with Gasteiger partial charge in [-0.05, 0) is 71.4 Å². The highest BCUT2D eigenvalue weighted by atomic mass is 32.2. The smallest absolute Gasteiger partial charge is 0.489 e. The predicted octanol–water partition coefficient (Wildman–Crippen LogP) is 5.36. The molecular weight excluding hydrogens is 459 g/mol. The molecule has 2 atom stereocenters. The number of carbonyl (C=O) groups is 1. The quantitative estimate of drug-likeness (QED) is 0.521. The van der Waals surface area contributed by atoms with Gasteiger partial charge in [0.2, 0.25) is 0 Å². The van der Waals surface area contributed by atoms with Gasteiger partial charge in [-0.15, -0.1) is 13.2 Å². The third kappa shape index (κ3) is 6.71. The van der Waals surface area contributed by atoms with Gasteiger partial charge in [0, 0.05) is 18.1 Å². The maximum atomic E-state index is 12.7. The summed E-state index contributed by atoms with van der Waals surface area (Å²) in [5.74, 6) is -0.410. The van der Waals surface area contributed by atoms with Crippen molar-refractivity contribution < 1.29 is 36.4 Å². The van der Waals surface area contributed by atoms with Gasteiger partial charge in [0.25, 0.3) is 0 Å². The van der Waals surface area contributed by atoms with E-state index >= 15 is 0 Å². The second-order valence-electron chi connectivity index (χ2n) is 9.33. The summed E-state index contributed by atoms with van der Waals surface area (Å²) in [5.41, 5.74) is 1.05. The zero-order chi connectivity index (χ0) is 24.4. The third-order valence-electron chi connectivity index (χ3n) is 5.80. The predicted molar refractivity (Wildman–Crippen MR) is 119 cm³/mol. The van der Waals surface area contributed by atoms with Crippen LogP contribution >= 0.6 is 0 Å². The summed E-state index contributed by atoms with van der Waals surface area (Å²) >= 11 is 0. The van der Waals surface area contributed by atoms with Crippen LogP contribution in [-0.4, -0.2) is 39.7 Å². The van der Waals surface area contributed by atoms with Gasteiger partial charge in [-0.2, -0.15) is 4.40 Å². The van der Waals surface area contributed by atoms with Crippen LogP contribution in [0.2, 0.25) is 0 Å². The highest BCUT2D eigenvalue weighted by Crippen LogP contribution is 2.40. The van der Waals surface area contributed by atoms with Crippen molar-refractivity contribution in [2.45, 2.75) is 77.0 Å². The number of fused-ring (bicyclic) bond motifs is 1. The molecule has 0 unspecified atom stereocenters. The summed E-state index contributed by atoms with van der Waals surface area (Å²) in [6.45, 7) is 7.54.